The van der Waals surface area contributed by atoms with Gasteiger partial charge in [-0.3, -0.25) is 9.69 Å². The van der Waals surface area contributed by atoms with Crippen LogP contribution in [0.4, 0.5) is 4.79 Å². The molecule has 3 aromatic rings. The second-order valence-electron chi connectivity index (χ2n) is 7.92. The van der Waals surface area contributed by atoms with Crippen LogP contribution in [0.25, 0.3) is 0 Å². The number of carbonyl (C=O) groups excluding carboxylic acids is 2. The summed E-state index contributed by atoms with van der Waals surface area (Å²) in [7, 11) is 0. The highest BCUT2D eigenvalue weighted by Crippen LogP contribution is 2.38. The Morgan fingerprint density at radius 1 is 0.871 bits per heavy atom. The molecule has 31 heavy (non-hydrogen) atoms. The van der Waals surface area contributed by atoms with E-state index in [0.717, 1.165) is 27.8 Å². The van der Waals surface area contributed by atoms with Gasteiger partial charge in [0.1, 0.15) is 0 Å². The van der Waals surface area contributed by atoms with Gasteiger partial charge in [-0.15, -0.1) is 0 Å². The number of nitrogens with zero attached hydrogens (tertiary/aromatic N) is 1. The van der Waals surface area contributed by atoms with Gasteiger partial charge in [0.05, 0.1) is 6.54 Å². The van der Waals surface area contributed by atoms with Gasteiger partial charge in [0.15, 0.2) is 17.0 Å². The predicted octanol–water partition coefficient (Wildman–Crippen LogP) is 4.03. The number of hydrogen-bond acceptors (Lipinski definition) is 4. The van der Waals surface area contributed by atoms with Crippen LogP contribution in [-0.2, 0) is 16.9 Å². The van der Waals surface area contributed by atoms with Crippen LogP contribution in [0, 0.1) is 13.8 Å². The molecular formula is C25H22N2O4. The van der Waals surface area contributed by atoms with Gasteiger partial charge in [-0.05, 0) is 53.8 Å². The minimum atomic E-state index is -1.27. The second kappa shape index (κ2) is 7.16. The molecule has 0 radical (unpaired) electrons. The van der Waals surface area contributed by atoms with E-state index in [1.807, 2.05) is 68.4 Å². The molecule has 0 aliphatic carbocycles. The molecule has 1 saturated heterocycles. The van der Waals surface area contributed by atoms with Crippen LogP contribution in [0.1, 0.15) is 27.8 Å². The number of rotatable bonds is 4. The summed E-state index contributed by atoms with van der Waals surface area (Å²) >= 11 is 0. The molecule has 3 aromatic carbocycles. The molecule has 6 nitrogen and oxygen atoms in total. The standard InChI is InChI=1S/C25H22N2O4/c1-16-8-10-20(12-17(16)2)25(19-6-4-3-5-7-19)23(28)27(24(29)26-25)14-18-9-11-21-22(13-18)31-15-30-21/h3-13H,14-15H2,1-2H3,(H,26,29). The Labute approximate surface area is 180 Å². The first-order valence-electron chi connectivity index (χ1n) is 10.1. The zero-order valence-electron chi connectivity index (χ0n) is 17.3. The fourth-order valence-electron chi connectivity index (χ4n) is 4.16. The van der Waals surface area contributed by atoms with Crippen molar-refractivity contribution in [1.29, 1.82) is 0 Å². The minimum Gasteiger partial charge on any atom is -0.454 e. The molecule has 3 amide bonds. The van der Waals surface area contributed by atoms with Crippen LogP contribution < -0.4 is 14.8 Å². The molecule has 1 N–H and O–H groups in total. The number of nitrogens with one attached hydrogen (secondary N) is 1. The highest BCUT2D eigenvalue weighted by atomic mass is 16.7. The van der Waals surface area contributed by atoms with Crippen LogP contribution >= 0.6 is 0 Å². The zero-order chi connectivity index (χ0) is 21.6. The maximum atomic E-state index is 13.9. The van der Waals surface area contributed by atoms with E-state index in [1.54, 1.807) is 12.1 Å². The molecule has 2 heterocycles. The minimum absolute atomic E-state index is 0.140. The van der Waals surface area contributed by atoms with Crippen molar-refractivity contribution in [3.63, 3.8) is 0 Å². The summed E-state index contributed by atoms with van der Waals surface area (Å²) in [6, 6.07) is 20.3. The maximum Gasteiger partial charge on any atom is 0.325 e. The summed E-state index contributed by atoms with van der Waals surface area (Å²) in [6.07, 6.45) is 0. The van der Waals surface area contributed by atoms with Gasteiger partial charge in [0, 0.05) is 0 Å². The highest BCUT2D eigenvalue weighted by Gasteiger charge is 2.53. The second-order valence-corrected chi connectivity index (χ2v) is 7.92. The van der Waals surface area contributed by atoms with Crippen molar-refractivity contribution < 1.29 is 19.1 Å². The first-order valence-corrected chi connectivity index (χ1v) is 10.1. The Balaban J connectivity index is 1.57. The molecule has 2 aliphatic rings. The lowest BCUT2D eigenvalue weighted by Gasteiger charge is -2.28. The van der Waals surface area contributed by atoms with Crippen molar-refractivity contribution in [2.45, 2.75) is 25.9 Å². The molecule has 5 rings (SSSR count). The fourth-order valence-corrected chi connectivity index (χ4v) is 4.16. The average Bonchev–Trinajstić information content (AvgIpc) is 3.34. The lowest BCUT2D eigenvalue weighted by Crippen LogP contribution is -2.45. The molecule has 1 unspecified atom stereocenters. The maximum absolute atomic E-state index is 13.9. The number of amides is 3. The molecular weight excluding hydrogens is 392 g/mol. The van der Waals surface area contributed by atoms with E-state index >= 15 is 0 Å². The number of fused-ring (bicyclic) bond motifs is 1. The molecule has 0 spiro atoms. The van der Waals surface area contributed by atoms with Crippen LogP contribution in [0.5, 0.6) is 11.5 Å². The molecule has 1 atom stereocenters. The lowest BCUT2D eigenvalue weighted by atomic mass is 9.81. The van der Waals surface area contributed by atoms with E-state index < -0.39 is 11.6 Å². The molecule has 1 fully saturated rings. The van der Waals surface area contributed by atoms with Crippen molar-refractivity contribution in [1.82, 2.24) is 10.2 Å². The number of carbonyl (C=O) groups is 2. The third-order valence-electron chi connectivity index (χ3n) is 6.03. The SMILES string of the molecule is Cc1ccc(C2(c3ccccc3)NC(=O)N(Cc3ccc4c(c3)OCO4)C2=O)cc1C. The molecule has 6 heteroatoms. The van der Waals surface area contributed by atoms with Crippen LogP contribution in [0.15, 0.2) is 66.7 Å². The Bertz CT molecular complexity index is 1190. The van der Waals surface area contributed by atoms with E-state index in [-0.39, 0.29) is 19.2 Å². The van der Waals surface area contributed by atoms with Crippen molar-refractivity contribution in [2.75, 3.05) is 6.79 Å². The smallest absolute Gasteiger partial charge is 0.325 e. The topological polar surface area (TPSA) is 67.9 Å². The summed E-state index contributed by atoms with van der Waals surface area (Å²) in [6.45, 7) is 4.34. The Morgan fingerprint density at radius 3 is 2.42 bits per heavy atom. The number of aryl methyl sites for hydroxylation is 2. The van der Waals surface area contributed by atoms with Crippen molar-refractivity contribution >= 4 is 11.9 Å². The summed E-state index contributed by atoms with van der Waals surface area (Å²) in [5.41, 5.74) is 3.17. The number of ether oxygens (including phenoxy) is 2. The first kappa shape index (κ1) is 19.2. The van der Waals surface area contributed by atoms with Gasteiger partial charge in [0.2, 0.25) is 6.79 Å². The van der Waals surface area contributed by atoms with E-state index in [2.05, 4.69) is 5.32 Å². The van der Waals surface area contributed by atoms with Crippen LogP contribution in [-0.4, -0.2) is 23.6 Å². The van der Waals surface area contributed by atoms with Crippen LogP contribution in [0.3, 0.4) is 0 Å². The zero-order valence-corrected chi connectivity index (χ0v) is 17.3. The van der Waals surface area contributed by atoms with Crippen LogP contribution in [0.2, 0.25) is 0 Å². The third kappa shape index (κ3) is 3.03. The highest BCUT2D eigenvalue weighted by molar-refractivity contribution is 6.09. The number of urea groups is 1. The summed E-state index contributed by atoms with van der Waals surface area (Å²) in [5, 5.41) is 3.00. The average molecular weight is 414 g/mol. The lowest BCUT2D eigenvalue weighted by molar-refractivity contribution is -0.130. The normalized spacial score (nSPS) is 19.6. The summed E-state index contributed by atoms with van der Waals surface area (Å²) < 4.78 is 10.8. The number of hydrogen-bond donors (Lipinski definition) is 1. The van der Waals surface area contributed by atoms with Crippen molar-refractivity contribution in [3.05, 3.63) is 94.5 Å². The molecule has 156 valence electrons. The van der Waals surface area contributed by atoms with Crippen molar-refractivity contribution in [2.24, 2.45) is 0 Å². The first-order chi connectivity index (χ1) is 15.0. The predicted molar refractivity (Wildman–Crippen MR) is 115 cm³/mol. The van der Waals surface area contributed by atoms with Gasteiger partial charge in [0.25, 0.3) is 5.91 Å². The molecule has 0 bridgehead atoms. The van der Waals surface area contributed by atoms with Gasteiger partial charge < -0.3 is 14.8 Å². The van der Waals surface area contributed by atoms with E-state index in [9.17, 15) is 9.59 Å². The Kier molecular flexibility index (Phi) is 4.43. The molecule has 0 aromatic heterocycles. The molecule has 0 saturated carbocycles. The molecule has 2 aliphatic heterocycles. The van der Waals surface area contributed by atoms with E-state index in [4.69, 9.17) is 9.47 Å². The van der Waals surface area contributed by atoms with Crippen molar-refractivity contribution in [3.8, 4) is 11.5 Å². The Hall–Kier alpha value is -3.80. The van der Waals surface area contributed by atoms with Gasteiger partial charge in [-0.1, -0.05) is 54.6 Å². The monoisotopic (exact) mass is 414 g/mol. The van der Waals surface area contributed by atoms with Gasteiger partial charge in [-0.25, -0.2) is 4.79 Å². The van der Waals surface area contributed by atoms with E-state index in [1.165, 1.54) is 4.90 Å². The van der Waals surface area contributed by atoms with E-state index in [0.29, 0.717) is 11.5 Å². The number of benzene rings is 3. The largest absolute Gasteiger partial charge is 0.454 e. The third-order valence-corrected chi connectivity index (χ3v) is 6.03. The number of imide groups is 1. The van der Waals surface area contributed by atoms with Gasteiger partial charge in [-0.2, -0.15) is 0 Å². The van der Waals surface area contributed by atoms with Gasteiger partial charge >= 0.3 is 6.03 Å². The Morgan fingerprint density at radius 2 is 1.65 bits per heavy atom. The quantitative estimate of drug-likeness (QED) is 0.655. The summed E-state index contributed by atoms with van der Waals surface area (Å²) in [5.74, 6) is 0.979. The summed E-state index contributed by atoms with van der Waals surface area (Å²) in [4.78, 5) is 28.2. The fraction of sp³-hybridized carbons (Fsp3) is 0.200.